The van der Waals surface area contributed by atoms with Gasteiger partial charge in [-0.15, -0.1) is 0 Å². The third-order valence-corrected chi connectivity index (χ3v) is 9.19. The molecule has 44 heavy (non-hydrogen) atoms. The van der Waals surface area contributed by atoms with Crippen molar-refractivity contribution in [3.05, 3.63) is 180 Å². The summed E-state index contributed by atoms with van der Waals surface area (Å²) < 4.78 is 6.15. The predicted molar refractivity (Wildman–Crippen MR) is 183 cm³/mol. The van der Waals surface area contributed by atoms with Crippen LogP contribution in [0.3, 0.4) is 0 Å². The summed E-state index contributed by atoms with van der Waals surface area (Å²) in [4.78, 5) is 0. The van der Waals surface area contributed by atoms with E-state index < -0.39 is 0 Å². The molecule has 7 aromatic carbocycles. The second kappa shape index (κ2) is 9.97. The van der Waals surface area contributed by atoms with Gasteiger partial charge in [0, 0.05) is 16.7 Å². The number of furan rings is 1. The van der Waals surface area contributed by atoms with Gasteiger partial charge in [-0.05, 0) is 79.4 Å². The van der Waals surface area contributed by atoms with Crippen LogP contribution in [0.2, 0.25) is 0 Å². The Hall–Kier alpha value is -5.66. The fourth-order valence-corrected chi connectivity index (χ4v) is 7.13. The molecule has 9 rings (SSSR count). The van der Waals surface area contributed by atoms with Gasteiger partial charge < -0.3 is 4.42 Å². The van der Waals surface area contributed by atoms with E-state index in [1.165, 1.54) is 66.6 Å². The Labute approximate surface area is 256 Å². The van der Waals surface area contributed by atoms with E-state index in [0.29, 0.717) is 0 Å². The SMILES string of the molecule is c1ccc(-c2ccc3c(c2)-c2ccccc2C3c2cccc(-c3ccc(-c4cccc5oc6ccccc6c45)cc3)c2)cc1. The molecule has 0 fully saturated rings. The van der Waals surface area contributed by atoms with Crippen molar-refractivity contribution in [3.8, 4) is 44.5 Å². The van der Waals surface area contributed by atoms with Gasteiger partial charge in [-0.2, -0.15) is 0 Å². The molecule has 0 N–H and O–H groups in total. The summed E-state index contributed by atoms with van der Waals surface area (Å²) in [6.45, 7) is 0. The average Bonchev–Trinajstić information content (AvgIpc) is 3.64. The molecule has 0 amide bonds. The molecule has 0 bridgehead atoms. The van der Waals surface area contributed by atoms with E-state index >= 15 is 0 Å². The maximum atomic E-state index is 6.15. The van der Waals surface area contributed by atoms with Crippen LogP contribution in [0.4, 0.5) is 0 Å². The van der Waals surface area contributed by atoms with Crippen LogP contribution in [0.15, 0.2) is 168 Å². The van der Waals surface area contributed by atoms with Gasteiger partial charge in [-0.1, -0.05) is 146 Å². The molecule has 1 aliphatic rings. The molecule has 0 spiro atoms. The second-order valence-corrected chi connectivity index (χ2v) is 11.7. The van der Waals surface area contributed by atoms with Crippen molar-refractivity contribution in [3.63, 3.8) is 0 Å². The molecule has 0 saturated heterocycles. The maximum absolute atomic E-state index is 6.15. The van der Waals surface area contributed by atoms with E-state index in [0.717, 1.165) is 16.6 Å². The van der Waals surface area contributed by atoms with Gasteiger partial charge in [0.05, 0.1) is 0 Å². The quantitative estimate of drug-likeness (QED) is 0.209. The van der Waals surface area contributed by atoms with Crippen molar-refractivity contribution >= 4 is 21.9 Å². The van der Waals surface area contributed by atoms with Crippen LogP contribution < -0.4 is 0 Å². The molecule has 0 aliphatic heterocycles. The Kier molecular flexibility index (Phi) is 5.64. The molecule has 1 aliphatic carbocycles. The van der Waals surface area contributed by atoms with Gasteiger partial charge in [0.15, 0.2) is 0 Å². The molecule has 0 radical (unpaired) electrons. The van der Waals surface area contributed by atoms with Crippen molar-refractivity contribution < 1.29 is 4.42 Å². The van der Waals surface area contributed by atoms with Gasteiger partial charge in [-0.3, -0.25) is 0 Å². The molecule has 1 heterocycles. The first-order valence-corrected chi connectivity index (χ1v) is 15.2. The number of rotatable bonds is 4. The Bertz CT molecular complexity index is 2320. The van der Waals surface area contributed by atoms with E-state index in [-0.39, 0.29) is 5.92 Å². The van der Waals surface area contributed by atoms with Crippen LogP contribution in [-0.4, -0.2) is 0 Å². The largest absolute Gasteiger partial charge is 0.456 e. The van der Waals surface area contributed by atoms with Crippen LogP contribution in [-0.2, 0) is 0 Å². The third-order valence-electron chi connectivity index (χ3n) is 9.19. The van der Waals surface area contributed by atoms with E-state index in [1.807, 2.05) is 12.1 Å². The number of hydrogen-bond donors (Lipinski definition) is 0. The molecule has 1 atom stereocenters. The summed E-state index contributed by atoms with van der Waals surface area (Å²) in [5.41, 5.74) is 15.9. The topological polar surface area (TPSA) is 13.1 Å². The van der Waals surface area contributed by atoms with E-state index in [4.69, 9.17) is 4.42 Å². The summed E-state index contributed by atoms with van der Waals surface area (Å²) in [7, 11) is 0. The Morgan fingerprint density at radius 1 is 0.364 bits per heavy atom. The molecule has 1 heteroatoms. The summed E-state index contributed by atoms with van der Waals surface area (Å²) in [5, 5.41) is 2.33. The third kappa shape index (κ3) is 3.94. The van der Waals surface area contributed by atoms with Gasteiger partial charge in [-0.25, -0.2) is 0 Å². The fourth-order valence-electron chi connectivity index (χ4n) is 7.13. The fraction of sp³-hybridized carbons (Fsp3) is 0.0233. The second-order valence-electron chi connectivity index (χ2n) is 11.7. The standard InChI is InChI=1S/C43H28O/c1-2-10-28(11-3-1)32-24-25-37-39(27-32)35-14-4-5-15-36(35)42(37)33-13-8-12-31(26-33)29-20-22-30(23-21-29)34-17-9-19-41-43(34)38-16-6-7-18-40(38)44-41/h1-27,42H. The summed E-state index contributed by atoms with van der Waals surface area (Å²) in [6, 6.07) is 59.2. The van der Waals surface area contributed by atoms with Crippen molar-refractivity contribution in [1.82, 2.24) is 0 Å². The molecule has 0 saturated carbocycles. The van der Waals surface area contributed by atoms with E-state index in [1.54, 1.807) is 0 Å². The van der Waals surface area contributed by atoms with Gasteiger partial charge in [0.25, 0.3) is 0 Å². The normalized spacial score (nSPS) is 13.7. The highest BCUT2D eigenvalue weighted by molar-refractivity contribution is 6.12. The van der Waals surface area contributed by atoms with E-state index in [2.05, 4.69) is 152 Å². The molecule has 1 aromatic heterocycles. The zero-order valence-corrected chi connectivity index (χ0v) is 24.1. The Morgan fingerprint density at radius 3 is 1.89 bits per heavy atom. The summed E-state index contributed by atoms with van der Waals surface area (Å²) in [6.07, 6.45) is 0. The minimum atomic E-state index is 0.206. The molecule has 1 unspecified atom stereocenters. The summed E-state index contributed by atoms with van der Waals surface area (Å²) in [5.74, 6) is 0.206. The molecular formula is C43H28O. The van der Waals surface area contributed by atoms with Gasteiger partial charge >= 0.3 is 0 Å². The number of para-hydroxylation sites is 1. The number of benzene rings is 7. The smallest absolute Gasteiger partial charge is 0.136 e. The van der Waals surface area contributed by atoms with Crippen molar-refractivity contribution in [2.45, 2.75) is 5.92 Å². The van der Waals surface area contributed by atoms with Crippen molar-refractivity contribution in [2.24, 2.45) is 0 Å². The Balaban J connectivity index is 1.10. The lowest BCUT2D eigenvalue weighted by Gasteiger charge is -2.16. The zero-order chi connectivity index (χ0) is 29.0. The molecule has 8 aromatic rings. The maximum Gasteiger partial charge on any atom is 0.136 e. The highest BCUT2D eigenvalue weighted by Gasteiger charge is 2.30. The highest BCUT2D eigenvalue weighted by Crippen LogP contribution is 2.49. The lowest BCUT2D eigenvalue weighted by molar-refractivity contribution is 0.669. The van der Waals surface area contributed by atoms with Crippen LogP contribution in [0, 0.1) is 0 Å². The molecule has 1 nitrogen and oxygen atoms in total. The number of hydrogen-bond acceptors (Lipinski definition) is 1. The first kappa shape index (κ1) is 24.9. The first-order chi connectivity index (χ1) is 21.8. The zero-order valence-electron chi connectivity index (χ0n) is 24.1. The lowest BCUT2D eigenvalue weighted by atomic mass is 9.87. The van der Waals surface area contributed by atoms with Crippen LogP contribution >= 0.6 is 0 Å². The van der Waals surface area contributed by atoms with Crippen LogP contribution in [0.5, 0.6) is 0 Å². The van der Waals surface area contributed by atoms with Gasteiger partial charge in [0.2, 0.25) is 0 Å². The minimum absolute atomic E-state index is 0.206. The minimum Gasteiger partial charge on any atom is -0.456 e. The Morgan fingerprint density at radius 2 is 0.977 bits per heavy atom. The highest BCUT2D eigenvalue weighted by atomic mass is 16.3. The van der Waals surface area contributed by atoms with Crippen molar-refractivity contribution in [2.75, 3.05) is 0 Å². The predicted octanol–water partition coefficient (Wildman–Crippen LogP) is 11.7. The number of fused-ring (bicyclic) bond motifs is 6. The molecular weight excluding hydrogens is 532 g/mol. The van der Waals surface area contributed by atoms with Crippen LogP contribution in [0.25, 0.3) is 66.4 Å². The average molecular weight is 561 g/mol. The van der Waals surface area contributed by atoms with E-state index in [9.17, 15) is 0 Å². The van der Waals surface area contributed by atoms with Crippen molar-refractivity contribution in [1.29, 1.82) is 0 Å². The molecule has 206 valence electrons. The van der Waals surface area contributed by atoms with Crippen LogP contribution in [0.1, 0.15) is 22.6 Å². The lowest BCUT2D eigenvalue weighted by Crippen LogP contribution is -1.99. The summed E-state index contributed by atoms with van der Waals surface area (Å²) >= 11 is 0. The first-order valence-electron chi connectivity index (χ1n) is 15.2. The monoisotopic (exact) mass is 560 g/mol. The van der Waals surface area contributed by atoms with Gasteiger partial charge in [0.1, 0.15) is 11.2 Å².